The van der Waals surface area contributed by atoms with Gasteiger partial charge in [0.2, 0.25) is 0 Å². The van der Waals surface area contributed by atoms with Gasteiger partial charge in [0.15, 0.2) is 0 Å². The number of carbonyl (C=O) groups excluding carboxylic acids is 1. The van der Waals surface area contributed by atoms with E-state index >= 15 is 0 Å². The van der Waals surface area contributed by atoms with Crippen LogP contribution in [0.3, 0.4) is 0 Å². The highest BCUT2D eigenvalue weighted by molar-refractivity contribution is 5.98. The molecule has 1 aromatic rings. The van der Waals surface area contributed by atoms with Crippen LogP contribution in [0.15, 0.2) is 30.9 Å². The number of ether oxygens (including phenoxy) is 2. The second-order valence-corrected chi connectivity index (χ2v) is 3.93. The van der Waals surface area contributed by atoms with Crippen molar-refractivity contribution >= 4 is 11.9 Å². The van der Waals surface area contributed by atoms with Gasteiger partial charge in [0.1, 0.15) is 18.0 Å². The fourth-order valence-corrected chi connectivity index (χ4v) is 1.69. The first-order valence-electron chi connectivity index (χ1n) is 5.87. The minimum absolute atomic E-state index is 0.130. The number of rotatable bonds is 7. The fourth-order valence-electron chi connectivity index (χ4n) is 1.69. The summed E-state index contributed by atoms with van der Waals surface area (Å²) < 4.78 is 10.2. The van der Waals surface area contributed by atoms with E-state index in [4.69, 9.17) is 14.6 Å². The predicted molar refractivity (Wildman–Crippen MR) is 73.3 cm³/mol. The monoisotopic (exact) mass is 279 g/mol. The lowest BCUT2D eigenvalue weighted by Gasteiger charge is -2.20. The number of amides is 1. The number of benzene rings is 1. The molecule has 1 amide bonds. The molecule has 1 rings (SSSR count). The molecule has 0 aromatic heterocycles. The molecule has 0 aliphatic heterocycles. The van der Waals surface area contributed by atoms with Crippen LogP contribution in [0.25, 0.3) is 0 Å². The van der Waals surface area contributed by atoms with E-state index in [0.29, 0.717) is 11.5 Å². The molecular formula is C14H17NO5. The Labute approximate surface area is 117 Å². The molecule has 0 aliphatic rings. The zero-order valence-electron chi connectivity index (χ0n) is 11.5. The van der Waals surface area contributed by atoms with Crippen LogP contribution in [0.4, 0.5) is 0 Å². The number of nitrogens with zero attached hydrogens (tertiary/aromatic N) is 1. The van der Waals surface area contributed by atoms with Crippen LogP contribution in [-0.2, 0) is 4.79 Å². The van der Waals surface area contributed by atoms with Crippen LogP contribution < -0.4 is 9.47 Å². The van der Waals surface area contributed by atoms with Gasteiger partial charge in [-0.2, -0.15) is 0 Å². The van der Waals surface area contributed by atoms with Gasteiger partial charge < -0.3 is 19.5 Å². The summed E-state index contributed by atoms with van der Waals surface area (Å²) in [6.45, 7) is 3.24. The van der Waals surface area contributed by atoms with E-state index in [9.17, 15) is 9.59 Å². The Balaban J connectivity index is 3.14. The Bertz CT molecular complexity index is 512. The highest BCUT2D eigenvalue weighted by atomic mass is 16.5. The van der Waals surface area contributed by atoms with E-state index in [1.165, 1.54) is 26.4 Å². The summed E-state index contributed by atoms with van der Waals surface area (Å²) in [5, 5.41) is 8.85. The zero-order chi connectivity index (χ0) is 15.1. The number of hydrogen-bond acceptors (Lipinski definition) is 4. The zero-order valence-corrected chi connectivity index (χ0v) is 11.5. The Kier molecular flexibility index (Phi) is 5.58. The maximum Gasteiger partial charge on any atom is 0.323 e. The quantitative estimate of drug-likeness (QED) is 0.764. The van der Waals surface area contributed by atoms with Crippen molar-refractivity contribution in [2.24, 2.45) is 0 Å². The van der Waals surface area contributed by atoms with Crippen LogP contribution >= 0.6 is 0 Å². The largest absolute Gasteiger partial charge is 0.497 e. The van der Waals surface area contributed by atoms with Gasteiger partial charge in [0.25, 0.3) is 5.91 Å². The van der Waals surface area contributed by atoms with Crippen molar-refractivity contribution in [3.63, 3.8) is 0 Å². The van der Waals surface area contributed by atoms with E-state index in [1.807, 2.05) is 0 Å². The van der Waals surface area contributed by atoms with Gasteiger partial charge in [0.05, 0.1) is 19.8 Å². The molecule has 1 N–H and O–H groups in total. The molecule has 6 nitrogen and oxygen atoms in total. The SMILES string of the molecule is C=CCN(CC(=O)O)C(=O)c1cc(OC)ccc1OC. The first-order valence-corrected chi connectivity index (χ1v) is 5.87. The van der Waals surface area contributed by atoms with Crippen LogP contribution in [0.5, 0.6) is 11.5 Å². The molecule has 0 atom stereocenters. The molecule has 0 bridgehead atoms. The van der Waals surface area contributed by atoms with Gasteiger partial charge in [-0.3, -0.25) is 9.59 Å². The summed E-state index contributed by atoms with van der Waals surface area (Å²) in [4.78, 5) is 24.4. The average Bonchev–Trinajstić information content (AvgIpc) is 2.44. The molecule has 20 heavy (non-hydrogen) atoms. The van der Waals surface area contributed by atoms with Crippen LogP contribution in [0.1, 0.15) is 10.4 Å². The molecule has 0 fully saturated rings. The number of aliphatic carboxylic acids is 1. The Morgan fingerprint density at radius 3 is 2.55 bits per heavy atom. The van der Waals surface area contributed by atoms with Crippen LogP contribution in [0, 0.1) is 0 Å². The van der Waals surface area contributed by atoms with E-state index in [0.717, 1.165) is 4.90 Å². The molecule has 0 heterocycles. The van der Waals surface area contributed by atoms with Gasteiger partial charge in [-0.15, -0.1) is 6.58 Å². The summed E-state index contributed by atoms with van der Waals surface area (Å²) in [7, 11) is 2.92. The average molecular weight is 279 g/mol. The maximum atomic E-state index is 12.4. The standard InChI is InChI=1S/C14H17NO5/c1-4-7-15(9-13(16)17)14(18)11-8-10(19-2)5-6-12(11)20-3/h4-6,8H,1,7,9H2,2-3H3,(H,16,17). The fraction of sp³-hybridized carbons (Fsp3) is 0.286. The Morgan fingerprint density at radius 1 is 1.35 bits per heavy atom. The first-order chi connectivity index (χ1) is 9.53. The normalized spacial score (nSPS) is 9.70. The molecule has 0 aliphatic carbocycles. The molecule has 0 saturated carbocycles. The lowest BCUT2D eigenvalue weighted by molar-refractivity contribution is -0.137. The summed E-state index contributed by atoms with van der Waals surface area (Å²) in [5.41, 5.74) is 0.245. The van der Waals surface area contributed by atoms with Gasteiger partial charge in [-0.25, -0.2) is 0 Å². The van der Waals surface area contributed by atoms with E-state index in [-0.39, 0.29) is 12.1 Å². The first kappa shape index (κ1) is 15.6. The Morgan fingerprint density at radius 2 is 2.05 bits per heavy atom. The number of carbonyl (C=O) groups is 2. The summed E-state index contributed by atoms with van der Waals surface area (Å²) >= 11 is 0. The maximum absolute atomic E-state index is 12.4. The van der Waals surface area contributed by atoms with Crippen molar-refractivity contribution < 1.29 is 24.2 Å². The molecule has 0 radical (unpaired) electrons. The molecule has 1 aromatic carbocycles. The number of hydrogen-bond donors (Lipinski definition) is 1. The minimum Gasteiger partial charge on any atom is -0.497 e. The van der Waals surface area contributed by atoms with Crippen molar-refractivity contribution in [2.45, 2.75) is 0 Å². The predicted octanol–water partition coefficient (Wildman–Crippen LogP) is 1.42. The van der Waals surface area contributed by atoms with Gasteiger partial charge in [0, 0.05) is 6.54 Å². The Hall–Kier alpha value is -2.50. The van der Waals surface area contributed by atoms with Crippen molar-refractivity contribution in [2.75, 3.05) is 27.3 Å². The summed E-state index contributed by atoms with van der Waals surface area (Å²) in [6, 6.07) is 4.77. The number of carboxylic acid groups (broad SMARTS) is 1. The number of methoxy groups -OCH3 is 2. The lowest BCUT2D eigenvalue weighted by atomic mass is 10.1. The third-order valence-electron chi connectivity index (χ3n) is 2.60. The molecule has 0 spiro atoms. The lowest BCUT2D eigenvalue weighted by Crippen LogP contribution is -2.36. The molecular weight excluding hydrogens is 262 g/mol. The third kappa shape index (κ3) is 3.74. The third-order valence-corrected chi connectivity index (χ3v) is 2.60. The second-order valence-electron chi connectivity index (χ2n) is 3.93. The van der Waals surface area contributed by atoms with Crippen LogP contribution in [0.2, 0.25) is 0 Å². The van der Waals surface area contributed by atoms with Crippen molar-refractivity contribution in [3.8, 4) is 11.5 Å². The molecule has 0 unspecified atom stereocenters. The topological polar surface area (TPSA) is 76.1 Å². The van der Waals surface area contributed by atoms with E-state index in [1.54, 1.807) is 12.1 Å². The van der Waals surface area contributed by atoms with Gasteiger partial charge in [-0.05, 0) is 18.2 Å². The van der Waals surface area contributed by atoms with Crippen molar-refractivity contribution in [3.05, 3.63) is 36.4 Å². The second kappa shape index (κ2) is 7.18. The molecule has 6 heteroatoms. The molecule has 0 saturated heterocycles. The summed E-state index contributed by atoms with van der Waals surface area (Å²) in [5.74, 6) is -0.705. The smallest absolute Gasteiger partial charge is 0.323 e. The minimum atomic E-state index is -1.10. The number of carboxylic acids is 1. The van der Waals surface area contributed by atoms with Crippen LogP contribution in [-0.4, -0.2) is 49.2 Å². The van der Waals surface area contributed by atoms with Crippen molar-refractivity contribution in [1.82, 2.24) is 4.90 Å². The molecule has 108 valence electrons. The van der Waals surface area contributed by atoms with E-state index in [2.05, 4.69) is 6.58 Å². The van der Waals surface area contributed by atoms with Gasteiger partial charge in [-0.1, -0.05) is 6.08 Å². The highest BCUT2D eigenvalue weighted by Gasteiger charge is 2.21. The van der Waals surface area contributed by atoms with Gasteiger partial charge >= 0.3 is 5.97 Å². The summed E-state index contributed by atoms with van der Waals surface area (Å²) in [6.07, 6.45) is 1.47. The highest BCUT2D eigenvalue weighted by Crippen LogP contribution is 2.25. The van der Waals surface area contributed by atoms with E-state index < -0.39 is 18.4 Å². The van der Waals surface area contributed by atoms with Crippen molar-refractivity contribution in [1.29, 1.82) is 0 Å².